The Balaban J connectivity index is 1.52. The Bertz CT molecular complexity index is 2030. The van der Waals surface area contributed by atoms with Gasteiger partial charge in [-0.1, -0.05) is 6.92 Å². The highest BCUT2D eigenvalue weighted by Crippen LogP contribution is 2.36. The lowest BCUT2D eigenvalue weighted by molar-refractivity contribution is 0.142. The molecular weight excluding hydrogens is 637 g/mol. The van der Waals surface area contributed by atoms with E-state index in [1.54, 1.807) is 13.0 Å². The maximum absolute atomic E-state index is 15.2. The number of carboxylic acid groups (broad SMARTS) is 1. The van der Waals surface area contributed by atoms with Crippen molar-refractivity contribution in [1.29, 1.82) is 5.26 Å². The van der Waals surface area contributed by atoms with E-state index in [2.05, 4.69) is 19.7 Å². The average molecular weight is 668 g/mol. The zero-order chi connectivity index (χ0) is 33.9. The highest BCUT2D eigenvalue weighted by Gasteiger charge is 2.25. The molecule has 0 saturated carbocycles. The van der Waals surface area contributed by atoms with E-state index in [1.165, 1.54) is 54.5 Å². The van der Waals surface area contributed by atoms with Gasteiger partial charge in [0.05, 0.1) is 41.3 Å². The summed E-state index contributed by atoms with van der Waals surface area (Å²) in [5, 5.41) is 19.2. The molecule has 1 aliphatic rings. The van der Waals surface area contributed by atoms with E-state index in [9.17, 15) is 28.4 Å². The fourth-order valence-electron chi connectivity index (χ4n) is 4.87. The highest BCUT2D eigenvalue weighted by molar-refractivity contribution is 7.90. The van der Waals surface area contributed by atoms with Crippen molar-refractivity contribution in [2.75, 3.05) is 56.5 Å². The van der Waals surface area contributed by atoms with Crippen LogP contribution in [0.15, 0.2) is 47.8 Å². The molecule has 2 N–H and O–H groups in total. The molecule has 246 valence electrons. The second-order valence-corrected chi connectivity index (χ2v) is 12.1. The SMILES string of the molecule is CCN(C)S(=O)(=O)Nc1ccc(F)c(Oc2ccc3ncn(-c4cnc(N5CCN(C(=O)O)CC5)nc4)c(=O)c3c2COC)c1C#N. The predicted octanol–water partition coefficient (Wildman–Crippen LogP) is 2.53. The number of hydrogen-bond donors (Lipinski definition) is 2. The Morgan fingerprint density at radius 3 is 2.47 bits per heavy atom. The monoisotopic (exact) mass is 667 g/mol. The van der Waals surface area contributed by atoms with Crippen LogP contribution in [0.4, 0.5) is 20.8 Å². The Morgan fingerprint density at radius 2 is 1.85 bits per heavy atom. The predicted molar refractivity (Wildman–Crippen MR) is 167 cm³/mol. The van der Waals surface area contributed by atoms with Gasteiger partial charge >= 0.3 is 16.3 Å². The summed E-state index contributed by atoms with van der Waals surface area (Å²) in [5.41, 5.74) is -0.373. The second-order valence-electron chi connectivity index (χ2n) is 10.3. The number of ether oxygens (including phenoxy) is 2. The van der Waals surface area contributed by atoms with Crippen molar-refractivity contribution in [3.05, 3.63) is 70.3 Å². The summed E-state index contributed by atoms with van der Waals surface area (Å²) < 4.78 is 56.2. The van der Waals surface area contributed by atoms with Crippen LogP contribution in [-0.2, 0) is 21.6 Å². The normalized spacial score (nSPS) is 13.5. The number of anilines is 2. The quantitative estimate of drug-likeness (QED) is 0.251. The van der Waals surface area contributed by atoms with Gasteiger partial charge in [-0.3, -0.25) is 14.1 Å². The molecule has 0 aliphatic carbocycles. The van der Waals surface area contributed by atoms with Crippen LogP contribution in [0.1, 0.15) is 18.1 Å². The summed E-state index contributed by atoms with van der Waals surface area (Å²) in [6, 6.07) is 6.81. The summed E-state index contributed by atoms with van der Waals surface area (Å²) in [7, 11) is -1.32. The number of methoxy groups -OCH3 is 1. The summed E-state index contributed by atoms with van der Waals surface area (Å²) in [6.45, 7) is 3.03. The van der Waals surface area contributed by atoms with E-state index in [0.717, 1.165) is 16.4 Å². The number of amides is 1. The van der Waals surface area contributed by atoms with E-state index >= 15 is 4.39 Å². The standard InChI is InChI=1S/C29H30FN9O7S/c1-4-36(2)47(43,44)35-22-6-5-21(30)26(19(22)13-31)46-24-8-7-23-25(20(24)16-45-3)27(40)39(17-34-23)18-14-32-28(33-15-18)37-9-11-38(12-10-37)29(41)42/h5-8,14-15,17,35H,4,9-12,16H2,1-3H3,(H,41,42). The Kier molecular flexibility index (Phi) is 9.51. The van der Waals surface area contributed by atoms with E-state index in [1.807, 2.05) is 4.90 Å². The Hall–Kier alpha value is -5.38. The Labute approximate surface area is 268 Å². The van der Waals surface area contributed by atoms with Gasteiger partial charge in [-0.05, 0) is 24.3 Å². The first-order valence-electron chi connectivity index (χ1n) is 14.2. The minimum absolute atomic E-state index is 0.0239. The lowest BCUT2D eigenvalue weighted by Gasteiger charge is -2.33. The lowest BCUT2D eigenvalue weighted by atomic mass is 10.1. The summed E-state index contributed by atoms with van der Waals surface area (Å²) in [5.74, 6) is -1.15. The molecule has 4 aromatic rings. The van der Waals surface area contributed by atoms with Crippen molar-refractivity contribution < 1.29 is 32.2 Å². The molecule has 1 saturated heterocycles. The number of hydrogen-bond acceptors (Lipinski definition) is 11. The molecule has 47 heavy (non-hydrogen) atoms. The van der Waals surface area contributed by atoms with Gasteiger partial charge in [-0.15, -0.1) is 0 Å². The molecule has 5 rings (SSSR count). The van der Waals surface area contributed by atoms with E-state index in [0.29, 0.717) is 37.8 Å². The van der Waals surface area contributed by atoms with Gasteiger partial charge in [0.15, 0.2) is 11.6 Å². The maximum atomic E-state index is 15.2. The minimum Gasteiger partial charge on any atom is -0.465 e. The zero-order valence-corrected chi connectivity index (χ0v) is 26.4. The number of nitrogens with one attached hydrogen (secondary N) is 1. The molecule has 2 aromatic carbocycles. The van der Waals surface area contributed by atoms with Crippen LogP contribution in [0.5, 0.6) is 11.5 Å². The van der Waals surface area contributed by atoms with Crippen LogP contribution < -0.4 is 19.9 Å². The summed E-state index contributed by atoms with van der Waals surface area (Å²) >= 11 is 0. The molecule has 0 unspecified atom stereocenters. The lowest BCUT2D eigenvalue weighted by Crippen LogP contribution is -2.48. The summed E-state index contributed by atoms with van der Waals surface area (Å²) in [4.78, 5) is 41.4. The van der Waals surface area contributed by atoms with Crippen LogP contribution in [-0.4, -0.2) is 95.2 Å². The number of carbonyl (C=O) groups is 1. The van der Waals surface area contributed by atoms with E-state index in [-0.39, 0.29) is 41.1 Å². The van der Waals surface area contributed by atoms with Gasteiger partial charge in [0, 0.05) is 52.4 Å². The smallest absolute Gasteiger partial charge is 0.407 e. The van der Waals surface area contributed by atoms with Crippen LogP contribution in [0, 0.1) is 17.1 Å². The van der Waals surface area contributed by atoms with Gasteiger partial charge in [0.1, 0.15) is 23.7 Å². The maximum Gasteiger partial charge on any atom is 0.407 e. The molecule has 0 atom stereocenters. The molecule has 18 heteroatoms. The van der Waals surface area contributed by atoms with Gasteiger partial charge in [-0.2, -0.15) is 18.0 Å². The Morgan fingerprint density at radius 1 is 1.15 bits per heavy atom. The van der Waals surface area contributed by atoms with Gasteiger partial charge < -0.3 is 24.4 Å². The zero-order valence-electron chi connectivity index (χ0n) is 25.5. The van der Waals surface area contributed by atoms with Crippen LogP contribution in [0.25, 0.3) is 16.6 Å². The van der Waals surface area contributed by atoms with Gasteiger partial charge in [0.25, 0.3) is 5.56 Å². The number of aromatic nitrogens is 4. The van der Waals surface area contributed by atoms with Crippen LogP contribution in [0.3, 0.4) is 0 Å². The van der Waals surface area contributed by atoms with Gasteiger partial charge in [-0.25, -0.2) is 24.1 Å². The molecule has 2 aromatic heterocycles. The number of piperazine rings is 1. The number of fused-ring (bicyclic) bond motifs is 1. The van der Waals surface area contributed by atoms with Crippen molar-refractivity contribution in [3.63, 3.8) is 0 Å². The van der Waals surface area contributed by atoms with Crippen molar-refractivity contribution in [2.45, 2.75) is 13.5 Å². The largest absolute Gasteiger partial charge is 0.465 e. The molecule has 16 nitrogen and oxygen atoms in total. The van der Waals surface area contributed by atoms with Crippen molar-refractivity contribution in [3.8, 4) is 23.3 Å². The third kappa shape index (κ3) is 6.63. The van der Waals surface area contributed by atoms with E-state index in [4.69, 9.17) is 9.47 Å². The molecule has 0 radical (unpaired) electrons. The number of halogens is 1. The third-order valence-electron chi connectivity index (χ3n) is 7.55. The first-order valence-corrected chi connectivity index (χ1v) is 15.6. The average Bonchev–Trinajstić information content (AvgIpc) is 3.07. The fourth-order valence-corrected chi connectivity index (χ4v) is 5.82. The number of rotatable bonds is 10. The molecular formula is C29H30FN9O7S. The third-order valence-corrected chi connectivity index (χ3v) is 9.10. The molecule has 3 heterocycles. The van der Waals surface area contributed by atoms with E-state index < -0.39 is 39.0 Å². The molecule has 1 aliphatic heterocycles. The first-order chi connectivity index (χ1) is 22.5. The molecule has 0 spiro atoms. The number of nitrogens with zero attached hydrogens (tertiary/aromatic N) is 8. The number of benzene rings is 2. The van der Waals surface area contributed by atoms with Crippen molar-refractivity contribution in [1.82, 2.24) is 28.7 Å². The topological polar surface area (TPSA) is 196 Å². The highest BCUT2D eigenvalue weighted by atomic mass is 32.2. The molecule has 0 bridgehead atoms. The number of nitriles is 1. The van der Waals surface area contributed by atoms with Crippen LogP contribution in [0.2, 0.25) is 0 Å². The second kappa shape index (κ2) is 13.5. The van der Waals surface area contributed by atoms with Crippen molar-refractivity contribution in [2.24, 2.45) is 0 Å². The minimum atomic E-state index is -4.05. The van der Waals surface area contributed by atoms with Crippen LogP contribution >= 0.6 is 0 Å². The fraction of sp³-hybridized carbons (Fsp3) is 0.310. The summed E-state index contributed by atoms with van der Waals surface area (Å²) in [6.07, 6.45) is 3.20. The molecule has 1 fully saturated rings. The molecule has 1 amide bonds. The first kappa shape index (κ1) is 33.0. The van der Waals surface area contributed by atoms with Crippen molar-refractivity contribution >= 4 is 38.8 Å². The van der Waals surface area contributed by atoms with Gasteiger partial charge in [0.2, 0.25) is 5.95 Å².